The van der Waals surface area contributed by atoms with Gasteiger partial charge in [0.2, 0.25) is 5.91 Å². The zero-order valence-electron chi connectivity index (χ0n) is 12.1. The Hall–Kier alpha value is -1.35. The summed E-state index contributed by atoms with van der Waals surface area (Å²) in [5, 5.41) is 0. The van der Waals surface area contributed by atoms with Crippen molar-refractivity contribution in [3.63, 3.8) is 0 Å². The van der Waals surface area contributed by atoms with E-state index < -0.39 is 0 Å². The highest BCUT2D eigenvalue weighted by Gasteiger charge is 2.21. The zero-order chi connectivity index (χ0) is 14.0. The summed E-state index contributed by atoms with van der Waals surface area (Å²) in [6.45, 7) is 5.18. The van der Waals surface area contributed by atoms with Crippen molar-refractivity contribution >= 4 is 11.6 Å². The number of amides is 1. The number of nitrogens with two attached hydrogens (primary N) is 1. The molecule has 1 aliphatic heterocycles. The summed E-state index contributed by atoms with van der Waals surface area (Å²) >= 11 is 0. The first-order valence-corrected chi connectivity index (χ1v) is 7.11. The third kappa shape index (κ3) is 2.98. The predicted octanol–water partition coefficient (Wildman–Crippen LogP) is 2.37. The van der Waals surface area contributed by atoms with Crippen molar-refractivity contribution in [3.05, 3.63) is 29.3 Å². The minimum Gasteiger partial charge on any atom is -0.330 e. The van der Waals surface area contributed by atoms with E-state index in [1.165, 1.54) is 11.1 Å². The highest BCUT2D eigenvalue weighted by molar-refractivity contribution is 5.95. The molecule has 1 atom stereocenters. The molecule has 2 rings (SSSR count). The Morgan fingerprint density at radius 1 is 1.32 bits per heavy atom. The quantitative estimate of drug-likeness (QED) is 0.903. The predicted molar refractivity (Wildman–Crippen MR) is 79.3 cm³/mol. The Bertz CT molecular complexity index is 468. The van der Waals surface area contributed by atoms with Gasteiger partial charge in [-0.2, -0.15) is 0 Å². The first-order chi connectivity index (χ1) is 9.02. The maximum atomic E-state index is 11.7. The van der Waals surface area contributed by atoms with E-state index >= 15 is 0 Å². The molecule has 0 fully saturated rings. The molecular weight excluding hydrogens is 236 g/mol. The number of aryl methyl sites for hydroxylation is 1. The Labute approximate surface area is 115 Å². The second-order valence-corrected chi connectivity index (χ2v) is 5.86. The van der Waals surface area contributed by atoms with E-state index in [4.69, 9.17) is 5.73 Å². The van der Waals surface area contributed by atoms with Gasteiger partial charge >= 0.3 is 0 Å². The van der Waals surface area contributed by atoms with Gasteiger partial charge in [-0.25, -0.2) is 0 Å². The topological polar surface area (TPSA) is 46.3 Å². The van der Waals surface area contributed by atoms with Crippen molar-refractivity contribution in [3.8, 4) is 0 Å². The lowest BCUT2D eigenvalue weighted by molar-refractivity contribution is -0.118. The van der Waals surface area contributed by atoms with Crippen LogP contribution in [0.4, 0.5) is 5.69 Å². The molecule has 3 heteroatoms. The number of rotatable bonds is 4. The molecule has 3 nitrogen and oxygen atoms in total. The monoisotopic (exact) mass is 260 g/mol. The van der Waals surface area contributed by atoms with Crippen LogP contribution in [0.5, 0.6) is 0 Å². The van der Waals surface area contributed by atoms with E-state index in [9.17, 15) is 4.79 Å². The Morgan fingerprint density at radius 3 is 2.68 bits per heavy atom. The van der Waals surface area contributed by atoms with E-state index in [2.05, 4.69) is 32.0 Å². The molecule has 1 aromatic rings. The number of hydrogen-bond acceptors (Lipinski definition) is 2. The number of anilines is 1. The molecular formula is C16H24N2O. The van der Waals surface area contributed by atoms with E-state index in [-0.39, 0.29) is 5.91 Å². The number of carbonyl (C=O) groups is 1. The summed E-state index contributed by atoms with van der Waals surface area (Å²) in [4.78, 5) is 13.4. The van der Waals surface area contributed by atoms with Crippen LogP contribution in [0.3, 0.4) is 0 Å². The molecule has 0 aromatic heterocycles. The lowest BCUT2D eigenvalue weighted by Gasteiger charge is -2.27. The van der Waals surface area contributed by atoms with Crippen LogP contribution < -0.4 is 10.6 Å². The summed E-state index contributed by atoms with van der Waals surface area (Å²) in [6, 6.07) is 6.47. The Kier molecular flexibility index (Phi) is 4.25. The van der Waals surface area contributed by atoms with Crippen molar-refractivity contribution < 1.29 is 4.79 Å². The van der Waals surface area contributed by atoms with E-state index in [1.807, 2.05) is 7.05 Å². The smallest absolute Gasteiger partial charge is 0.227 e. The molecule has 0 bridgehead atoms. The Morgan fingerprint density at radius 2 is 2.05 bits per heavy atom. The van der Waals surface area contributed by atoms with Gasteiger partial charge in [0.05, 0.1) is 0 Å². The highest BCUT2D eigenvalue weighted by Crippen LogP contribution is 2.28. The van der Waals surface area contributed by atoms with Crippen LogP contribution in [0, 0.1) is 11.8 Å². The number of benzene rings is 1. The maximum absolute atomic E-state index is 11.7. The van der Waals surface area contributed by atoms with Crippen LogP contribution in [-0.2, 0) is 17.6 Å². The lowest BCUT2D eigenvalue weighted by Crippen LogP contribution is -2.31. The second-order valence-electron chi connectivity index (χ2n) is 5.86. The third-order valence-electron chi connectivity index (χ3n) is 4.23. The van der Waals surface area contributed by atoms with Crippen LogP contribution in [0.2, 0.25) is 0 Å². The molecule has 1 heterocycles. The van der Waals surface area contributed by atoms with Gasteiger partial charge < -0.3 is 10.6 Å². The molecule has 0 spiro atoms. The van der Waals surface area contributed by atoms with Crippen LogP contribution in [-0.4, -0.2) is 19.5 Å². The first-order valence-electron chi connectivity index (χ1n) is 7.11. The summed E-state index contributed by atoms with van der Waals surface area (Å²) in [5.41, 5.74) is 9.54. The summed E-state index contributed by atoms with van der Waals surface area (Å²) < 4.78 is 0. The number of nitrogens with zero attached hydrogens (tertiary/aromatic N) is 1. The minimum absolute atomic E-state index is 0.210. The average Bonchev–Trinajstić information content (AvgIpc) is 2.40. The maximum Gasteiger partial charge on any atom is 0.227 e. The number of hydrogen-bond donors (Lipinski definition) is 1. The molecule has 104 valence electrons. The largest absolute Gasteiger partial charge is 0.330 e. The van der Waals surface area contributed by atoms with Crippen molar-refractivity contribution in [1.82, 2.24) is 0 Å². The minimum atomic E-state index is 0.210. The average molecular weight is 260 g/mol. The van der Waals surface area contributed by atoms with Crippen molar-refractivity contribution in [2.45, 2.75) is 33.1 Å². The molecule has 0 aliphatic carbocycles. The van der Waals surface area contributed by atoms with Gasteiger partial charge in [-0.3, -0.25) is 4.79 Å². The fourth-order valence-electron chi connectivity index (χ4n) is 2.73. The van der Waals surface area contributed by atoms with Gasteiger partial charge in [-0.15, -0.1) is 0 Å². The van der Waals surface area contributed by atoms with Gasteiger partial charge in [0.15, 0.2) is 0 Å². The van der Waals surface area contributed by atoms with Crippen LogP contribution in [0.25, 0.3) is 0 Å². The molecule has 1 amide bonds. The van der Waals surface area contributed by atoms with Gasteiger partial charge in [-0.05, 0) is 48.4 Å². The van der Waals surface area contributed by atoms with E-state index in [0.717, 1.165) is 25.1 Å². The fraction of sp³-hybridized carbons (Fsp3) is 0.562. The van der Waals surface area contributed by atoms with Crippen LogP contribution in [0.1, 0.15) is 31.4 Å². The molecule has 0 saturated heterocycles. The van der Waals surface area contributed by atoms with E-state index in [0.29, 0.717) is 18.3 Å². The second kappa shape index (κ2) is 5.74. The zero-order valence-corrected chi connectivity index (χ0v) is 12.1. The summed E-state index contributed by atoms with van der Waals surface area (Å²) in [6.07, 6.45) is 2.51. The lowest BCUT2D eigenvalue weighted by atomic mass is 9.88. The van der Waals surface area contributed by atoms with Crippen LogP contribution >= 0.6 is 0 Å². The number of fused-ring (bicyclic) bond motifs is 1. The van der Waals surface area contributed by atoms with Crippen molar-refractivity contribution in [1.29, 1.82) is 0 Å². The standard InChI is InChI=1S/C16H24N2O/c1-11(2)14(10-17)9-12-4-6-15-13(8-12)5-7-16(19)18(15)3/h4,6,8,11,14H,5,7,9-10,17H2,1-3H3. The summed E-state index contributed by atoms with van der Waals surface area (Å²) in [7, 11) is 1.86. The van der Waals surface area contributed by atoms with Crippen LogP contribution in [0.15, 0.2) is 18.2 Å². The first kappa shape index (κ1) is 14.1. The molecule has 1 aliphatic rings. The number of carbonyl (C=O) groups excluding carboxylic acids is 1. The highest BCUT2D eigenvalue weighted by atomic mass is 16.2. The molecule has 0 radical (unpaired) electrons. The SMILES string of the molecule is CC(C)C(CN)Cc1ccc2c(c1)CCC(=O)N2C. The van der Waals surface area contributed by atoms with Gasteiger partial charge in [0.25, 0.3) is 0 Å². The molecule has 0 saturated carbocycles. The molecule has 2 N–H and O–H groups in total. The van der Waals surface area contributed by atoms with Gasteiger partial charge in [0, 0.05) is 19.2 Å². The fourth-order valence-corrected chi connectivity index (χ4v) is 2.73. The summed E-state index contributed by atoms with van der Waals surface area (Å²) in [5.74, 6) is 1.34. The van der Waals surface area contributed by atoms with Gasteiger partial charge in [-0.1, -0.05) is 26.0 Å². The van der Waals surface area contributed by atoms with Gasteiger partial charge in [0.1, 0.15) is 0 Å². The molecule has 19 heavy (non-hydrogen) atoms. The normalized spacial score (nSPS) is 16.7. The molecule has 1 aromatic carbocycles. The van der Waals surface area contributed by atoms with E-state index in [1.54, 1.807) is 4.90 Å². The third-order valence-corrected chi connectivity index (χ3v) is 4.23. The Balaban J connectivity index is 2.20. The molecule has 1 unspecified atom stereocenters. The van der Waals surface area contributed by atoms with Crippen molar-refractivity contribution in [2.75, 3.05) is 18.5 Å². The van der Waals surface area contributed by atoms with Crippen molar-refractivity contribution in [2.24, 2.45) is 17.6 Å².